The maximum Gasteiger partial charge on any atom is 0.307 e. The number of amides is 1. The van der Waals surface area contributed by atoms with E-state index in [-0.39, 0.29) is 30.3 Å². The summed E-state index contributed by atoms with van der Waals surface area (Å²) >= 11 is 3.37. The third-order valence-electron chi connectivity index (χ3n) is 3.63. The van der Waals surface area contributed by atoms with Gasteiger partial charge in [0.25, 0.3) is 0 Å². The predicted molar refractivity (Wildman–Crippen MR) is 78.9 cm³/mol. The number of hydrogen-bond donors (Lipinski definition) is 1. The van der Waals surface area contributed by atoms with Gasteiger partial charge in [-0.1, -0.05) is 35.0 Å². The van der Waals surface area contributed by atoms with Crippen molar-refractivity contribution in [3.63, 3.8) is 0 Å². The number of halogens is 1. The van der Waals surface area contributed by atoms with E-state index in [4.69, 9.17) is 4.74 Å². The standard InChI is InChI=1S/C15H18BrNO3/c1-9-7-12(9)15(19)17-13(8-14(18)20-2)10-3-5-11(16)6-4-10/h3-6,9,12-13H,7-8H2,1-2H3,(H,17,19). The van der Waals surface area contributed by atoms with Gasteiger partial charge in [-0.3, -0.25) is 9.59 Å². The van der Waals surface area contributed by atoms with Gasteiger partial charge in [0.15, 0.2) is 0 Å². The van der Waals surface area contributed by atoms with Gasteiger partial charge in [0, 0.05) is 10.4 Å². The molecule has 1 aliphatic rings. The summed E-state index contributed by atoms with van der Waals surface area (Å²) in [7, 11) is 1.35. The molecule has 108 valence electrons. The number of carbonyl (C=O) groups excluding carboxylic acids is 2. The highest BCUT2D eigenvalue weighted by atomic mass is 79.9. The first-order chi connectivity index (χ1) is 9.51. The number of benzene rings is 1. The first-order valence-corrected chi connectivity index (χ1v) is 7.43. The van der Waals surface area contributed by atoms with Crippen molar-refractivity contribution >= 4 is 27.8 Å². The SMILES string of the molecule is COC(=O)CC(NC(=O)C1CC1C)c1ccc(Br)cc1. The van der Waals surface area contributed by atoms with E-state index in [1.165, 1.54) is 7.11 Å². The third kappa shape index (κ3) is 3.82. The molecule has 1 aliphatic carbocycles. The van der Waals surface area contributed by atoms with E-state index in [1.807, 2.05) is 24.3 Å². The molecule has 0 aromatic heterocycles. The second-order valence-electron chi connectivity index (χ2n) is 5.21. The topological polar surface area (TPSA) is 55.4 Å². The lowest BCUT2D eigenvalue weighted by Gasteiger charge is -2.18. The summed E-state index contributed by atoms with van der Waals surface area (Å²) in [4.78, 5) is 23.6. The average Bonchev–Trinajstić information content (AvgIpc) is 3.16. The van der Waals surface area contributed by atoms with E-state index in [2.05, 4.69) is 28.2 Å². The zero-order valence-electron chi connectivity index (χ0n) is 11.6. The Bertz CT molecular complexity index is 500. The number of carbonyl (C=O) groups is 2. The normalized spacial score (nSPS) is 21.9. The van der Waals surface area contributed by atoms with Crippen LogP contribution in [0.4, 0.5) is 0 Å². The minimum absolute atomic E-state index is 0.0225. The summed E-state index contributed by atoms with van der Waals surface area (Å²) in [6.45, 7) is 2.05. The van der Waals surface area contributed by atoms with Crippen molar-refractivity contribution in [3.8, 4) is 0 Å². The van der Waals surface area contributed by atoms with Gasteiger partial charge < -0.3 is 10.1 Å². The molecule has 1 saturated carbocycles. The Labute approximate surface area is 127 Å². The molecule has 1 amide bonds. The third-order valence-corrected chi connectivity index (χ3v) is 4.16. The summed E-state index contributed by atoms with van der Waals surface area (Å²) in [5.74, 6) is 0.223. The van der Waals surface area contributed by atoms with Gasteiger partial charge in [-0.15, -0.1) is 0 Å². The number of nitrogens with one attached hydrogen (secondary N) is 1. The maximum atomic E-state index is 12.1. The number of hydrogen-bond acceptors (Lipinski definition) is 3. The number of rotatable bonds is 5. The van der Waals surface area contributed by atoms with E-state index >= 15 is 0 Å². The Kier molecular flexibility index (Phi) is 4.81. The first kappa shape index (κ1) is 15.0. The molecule has 2 rings (SSSR count). The summed E-state index contributed by atoms with van der Waals surface area (Å²) in [5, 5.41) is 2.96. The molecule has 1 aromatic rings. The Hall–Kier alpha value is -1.36. The van der Waals surface area contributed by atoms with E-state index in [1.54, 1.807) is 0 Å². The van der Waals surface area contributed by atoms with Crippen molar-refractivity contribution in [2.45, 2.75) is 25.8 Å². The molecule has 5 heteroatoms. The quantitative estimate of drug-likeness (QED) is 0.839. The molecule has 3 unspecified atom stereocenters. The lowest BCUT2D eigenvalue weighted by Crippen LogP contribution is -2.31. The van der Waals surface area contributed by atoms with Crippen LogP contribution < -0.4 is 5.32 Å². The minimum Gasteiger partial charge on any atom is -0.469 e. The van der Waals surface area contributed by atoms with Gasteiger partial charge >= 0.3 is 5.97 Å². The molecule has 1 aromatic carbocycles. The Morgan fingerprint density at radius 1 is 1.40 bits per heavy atom. The molecule has 0 heterocycles. The van der Waals surface area contributed by atoms with E-state index < -0.39 is 0 Å². The van der Waals surface area contributed by atoms with Crippen LogP contribution in [0, 0.1) is 11.8 Å². The van der Waals surface area contributed by atoms with Gasteiger partial charge in [-0.2, -0.15) is 0 Å². The molecule has 0 bridgehead atoms. The van der Waals surface area contributed by atoms with Gasteiger partial charge in [-0.05, 0) is 30.0 Å². The molecule has 0 aliphatic heterocycles. The fourth-order valence-corrected chi connectivity index (χ4v) is 2.43. The van der Waals surface area contributed by atoms with Crippen molar-refractivity contribution in [2.24, 2.45) is 11.8 Å². The Morgan fingerprint density at radius 2 is 2.00 bits per heavy atom. The van der Waals surface area contributed by atoms with Crippen molar-refractivity contribution in [2.75, 3.05) is 7.11 Å². The molecule has 1 fully saturated rings. The van der Waals surface area contributed by atoms with E-state index in [0.29, 0.717) is 5.92 Å². The largest absolute Gasteiger partial charge is 0.469 e. The molecule has 20 heavy (non-hydrogen) atoms. The minimum atomic E-state index is -0.337. The monoisotopic (exact) mass is 339 g/mol. The summed E-state index contributed by atoms with van der Waals surface area (Å²) < 4.78 is 5.66. The van der Waals surface area contributed by atoms with Crippen LogP contribution in [-0.4, -0.2) is 19.0 Å². The molecule has 0 radical (unpaired) electrons. The zero-order chi connectivity index (χ0) is 14.7. The highest BCUT2D eigenvalue weighted by Gasteiger charge is 2.40. The lowest BCUT2D eigenvalue weighted by molar-refractivity contribution is -0.141. The smallest absolute Gasteiger partial charge is 0.307 e. The summed E-state index contributed by atoms with van der Waals surface area (Å²) in [6.07, 6.45) is 1.07. The molecular formula is C15H18BrNO3. The Morgan fingerprint density at radius 3 is 2.50 bits per heavy atom. The number of esters is 1. The average molecular weight is 340 g/mol. The van der Waals surface area contributed by atoms with Gasteiger partial charge in [0.2, 0.25) is 5.91 Å². The van der Waals surface area contributed by atoms with Crippen molar-refractivity contribution in [3.05, 3.63) is 34.3 Å². The van der Waals surface area contributed by atoms with Gasteiger partial charge in [0.1, 0.15) is 0 Å². The van der Waals surface area contributed by atoms with E-state index in [0.717, 1.165) is 16.5 Å². The molecule has 0 saturated heterocycles. The molecule has 4 nitrogen and oxygen atoms in total. The molecule has 1 N–H and O–H groups in total. The summed E-state index contributed by atoms with van der Waals surface area (Å²) in [5.41, 5.74) is 0.903. The fraction of sp³-hybridized carbons (Fsp3) is 0.467. The second-order valence-corrected chi connectivity index (χ2v) is 6.13. The van der Waals surface area contributed by atoms with Crippen molar-refractivity contribution in [1.82, 2.24) is 5.32 Å². The first-order valence-electron chi connectivity index (χ1n) is 6.64. The second kappa shape index (κ2) is 6.39. The van der Waals surface area contributed by atoms with E-state index in [9.17, 15) is 9.59 Å². The van der Waals surface area contributed by atoms with Crippen LogP contribution in [0.1, 0.15) is 31.4 Å². The number of methoxy groups -OCH3 is 1. The van der Waals surface area contributed by atoms with Crippen LogP contribution in [0.25, 0.3) is 0 Å². The van der Waals surface area contributed by atoms with Crippen LogP contribution in [0.2, 0.25) is 0 Å². The molecular weight excluding hydrogens is 322 g/mol. The van der Waals surface area contributed by atoms with Crippen molar-refractivity contribution in [1.29, 1.82) is 0 Å². The van der Waals surface area contributed by atoms with Crippen LogP contribution in [0.5, 0.6) is 0 Å². The molecule has 3 atom stereocenters. The zero-order valence-corrected chi connectivity index (χ0v) is 13.1. The summed E-state index contributed by atoms with van der Waals surface area (Å²) in [6, 6.07) is 7.25. The van der Waals surface area contributed by atoms with Crippen LogP contribution in [0.3, 0.4) is 0 Å². The number of ether oxygens (including phenoxy) is 1. The molecule has 0 spiro atoms. The predicted octanol–water partition coefficient (Wildman–Crippen LogP) is 2.83. The van der Waals surface area contributed by atoms with Crippen LogP contribution in [0.15, 0.2) is 28.7 Å². The fourth-order valence-electron chi connectivity index (χ4n) is 2.16. The highest BCUT2D eigenvalue weighted by Crippen LogP contribution is 2.38. The van der Waals surface area contributed by atoms with Gasteiger partial charge in [-0.25, -0.2) is 0 Å². The van der Waals surface area contributed by atoms with Gasteiger partial charge in [0.05, 0.1) is 19.6 Å². The van der Waals surface area contributed by atoms with Crippen molar-refractivity contribution < 1.29 is 14.3 Å². The Balaban J connectivity index is 2.09. The lowest BCUT2D eigenvalue weighted by atomic mass is 10.0. The van der Waals surface area contributed by atoms with Crippen LogP contribution >= 0.6 is 15.9 Å². The highest BCUT2D eigenvalue weighted by molar-refractivity contribution is 9.10. The van der Waals surface area contributed by atoms with Crippen LogP contribution in [-0.2, 0) is 14.3 Å². The maximum absolute atomic E-state index is 12.1.